The van der Waals surface area contributed by atoms with E-state index in [1.807, 2.05) is 0 Å². The molecule has 0 aromatic heterocycles. The van der Waals surface area contributed by atoms with E-state index >= 15 is 0 Å². The molecule has 12 heavy (non-hydrogen) atoms. The van der Waals surface area contributed by atoms with Crippen LogP contribution in [0.3, 0.4) is 0 Å². The Morgan fingerprint density at radius 2 is 2.00 bits per heavy atom. The van der Waals surface area contributed by atoms with Crippen LogP contribution < -0.4 is 0 Å². The van der Waals surface area contributed by atoms with E-state index < -0.39 is 0 Å². The number of aliphatic hydroxyl groups excluding tert-OH is 1. The van der Waals surface area contributed by atoms with Gasteiger partial charge in [0.2, 0.25) is 0 Å². The average molecular weight is 171 g/mol. The van der Waals surface area contributed by atoms with Crippen LogP contribution in [-0.4, -0.2) is 36.2 Å². The average Bonchev–Trinajstić information content (AvgIpc) is 1.95. The van der Waals surface area contributed by atoms with Gasteiger partial charge in [0.25, 0.3) is 0 Å². The summed E-state index contributed by atoms with van der Waals surface area (Å²) >= 11 is 0. The van der Waals surface area contributed by atoms with Crippen LogP contribution in [0, 0.1) is 0 Å². The molecule has 0 aromatic rings. The standard InChI is InChI=1S/C10H21NO/c1-11(10-6-5-7-10)8-3-2-4-9-12/h10,12H,2-9H2,1H3. The highest BCUT2D eigenvalue weighted by molar-refractivity contribution is 4.77. The molecule has 0 radical (unpaired) electrons. The number of hydrogen-bond donors (Lipinski definition) is 1. The lowest BCUT2D eigenvalue weighted by Gasteiger charge is -2.34. The van der Waals surface area contributed by atoms with Gasteiger partial charge in [-0.1, -0.05) is 6.42 Å². The van der Waals surface area contributed by atoms with Crippen LogP contribution in [-0.2, 0) is 0 Å². The van der Waals surface area contributed by atoms with Crippen LogP contribution in [0.4, 0.5) is 0 Å². The highest BCUT2D eigenvalue weighted by Crippen LogP contribution is 2.23. The van der Waals surface area contributed by atoms with E-state index in [1.54, 1.807) is 0 Å². The van der Waals surface area contributed by atoms with Crippen LogP contribution >= 0.6 is 0 Å². The van der Waals surface area contributed by atoms with Gasteiger partial charge in [0, 0.05) is 12.6 Å². The van der Waals surface area contributed by atoms with E-state index in [-0.39, 0.29) is 0 Å². The van der Waals surface area contributed by atoms with E-state index in [1.165, 1.54) is 38.6 Å². The molecule has 0 aromatic carbocycles. The molecule has 1 saturated carbocycles. The predicted molar refractivity (Wildman–Crippen MR) is 51.2 cm³/mol. The lowest BCUT2D eigenvalue weighted by atomic mass is 9.92. The van der Waals surface area contributed by atoms with E-state index in [9.17, 15) is 0 Å². The molecule has 0 bridgehead atoms. The summed E-state index contributed by atoms with van der Waals surface area (Å²) in [6.45, 7) is 1.57. The van der Waals surface area contributed by atoms with Crippen molar-refractivity contribution in [1.82, 2.24) is 4.90 Å². The molecule has 0 amide bonds. The smallest absolute Gasteiger partial charge is 0.0431 e. The fourth-order valence-electron chi connectivity index (χ4n) is 1.66. The Kier molecular flexibility index (Phi) is 4.62. The van der Waals surface area contributed by atoms with Gasteiger partial charge in [-0.2, -0.15) is 0 Å². The zero-order valence-corrected chi connectivity index (χ0v) is 8.13. The van der Waals surface area contributed by atoms with Crippen molar-refractivity contribution in [3.05, 3.63) is 0 Å². The Bertz CT molecular complexity index is 112. The quantitative estimate of drug-likeness (QED) is 0.614. The molecule has 1 aliphatic rings. The third-order valence-electron chi connectivity index (χ3n) is 2.87. The molecule has 0 atom stereocenters. The normalized spacial score (nSPS) is 18.2. The first-order valence-corrected chi connectivity index (χ1v) is 5.15. The summed E-state index contributed by atoms with van der Waals surface area (Å²) in [7, 11) is 2.22. The van der Waals surface area contributed by atoms with Gasteiger partial charge in [0.1, 0.15) is 0 Å². The molecule has 0 aliphatic heterocycles. The van der Waals surface area contributed by atoms with Gasteiger partial charge in [-0.25, -0.2) is 0 Å². The molecule has 1 rings (SSSR count). The third-order valence-corrected chi connectivity index (χ3v) is 2.87. The van der Waals surface area contributed by atoms with Crippen LogP contribution in [0.1, 0.15) is 38.5 Å². The van der Waals surface area contributed by atoms with Gasteiger partial charge < -0.3 is 10.0 Å². The summed E-state index contributed by atoms with van der Waals surface area (Å²) < 4.78 is 0. The van der Waals surface area contributed by atoms with E-state index in [2.05, 4.69) is 11.9 Å². The highest BCUT2D eigenvalue weighted by Gasteiger charge is 2.20. The SMILES string of the molecule is CN(CCCCCO)C1CCC1. The lowest BCUT2D eigenvalue weighted by Crippen LogP contribution is -2.37. The zero-order chi connectivity index (χ0) is 8.81. The molecular weight excluding hydrogens is 150 g/mol. The summed E-state index contributed by atoms with van der Waals surface area (Å²) in [5, 5.41) is 8.58. The molecule has 0 unspecified atom stereocenters. The fourth-order valence-corrected chi connectivity index (χ4v) is 1.66. The second-order valence-corrected chi connectivity index (χ2v) is 3.85. The Morgan fingerprint density at radius 3 is 2.50 bits per heavy atom. The number of rotatable bonds is 6. The zero-order valence-electron chi connectivity index (χ0n) is 8.13. The van der Waals surface area contributed by atoms with Crippen molar-refractivity contribution in [2.75, 3.05) is 20.2 Å². The Balaban J connectivity index is 1.91. The van der Waals surface area contributed by atoms with Gasteiger partial charge in [-0.3, -0.25) is 0 Å². The van der Waals surface area contributed by atoms with Crippen LogP contribution in [0.25, 0.3) is 0 Å². The van der Waals surface area contributed by atoms with Crippen molar-refractivity contribution in [3.8, 4) is 0 Å². The van der Waals surface area contributed by atoms with Gasteiger partial charge in [0.15, 0.2) is 0 Å². The Labute approximate surface area is 75.6 Å². The molecule has 2 nitrogen and oxygen atoms in total. The maximum absolute atomic E-state index is 8.58. The van der Waals surface area contributed by atoms with Gasteiger partial charge >= 0.3 is 0 Å². The predicted octanol–water partition coefficient (Wildman–Crippen LogP) is 1.63. The lowest BCUT2D eigenvalue weighted by molar-refractivity contribution is 0.156. The summed E-state index contributed by atoms with van der Waals surface area (Å²) in [6, 6.07) is 0.874. The molecular formula is C10H21NO. The second-order valence-electron chi connectivity index (χ2n) is 3.85. The minimum atomic E-state index is 0.354. The van der Waals surface area contributed by atoms with Crippen molar-refractivity contribution in [2.45, 2.75) is 44.6 Å². The van der Waals surface area contributed by atoms with Gasteiger partial charge in [0.05, 0.1) is 0 Å². The third kappa shape index (κ3) is 3.11. The second kappa shape index (κ2) is 5.55. The molecule has 0 saturated heterocycles. The first-order valence-electron chi connectivity index (χ1n) is 5.15. The van der Waals surface area contributed by atoms with Crippen molar-refractivity contribution >= 4 is 0 Å². The maximum atomic E-state index is 8.58. The molecule has 1 aliphatic carbocycles. The van der Waals surface area contributed by atoms with Gasteiger partial charge in [-0.05, 0) is 45.7 Å². The highest BCUT2D eigenvalue weighted by atomic mass is 16.2. The minimum Gasteiger partial charge on any atom is -0.396 e. The molecule has 1 N–H and O–H groups in total. The van der Waals surface area contributed by atoms with Crippen molar-refractivity contribution in [3.63, 3.8) is 0 Å². The van der Waals surface area contributed by atoms with E-state index in [0.29, 0.717) is 6.61 Å². The molecule has 2 heteroatoms. The Hall–Kier alpha value is -0.0800. The van der Waals surface area contributed by atoms with Crippen molar-refractivity contribution < 1.29 is 5.11 Å². The number of unbranched alkanes of at least 4 members (excludes halogenated alkanes) is 2. The fraction of sp³-hybridized carbons (Fsp3) is 1.00. The van der Waals surface area contributed by atoms with Gasteiger partial charge in [-0.15, -0.1) is 0 Å². The molecule has 1 fully saturated rings. The van der Waals surface area contributed by atoms with E-state index in [0.717, 1.165) is 12.5 Å². The molecule has 0 heterocycles. The first kappa shape index (κ1) is 10.0. The molecule has 0 spiro atoms. The number of aliphatic hydroxyl groups is 1. The van der Waals surface area contributed by atoms with Crippen LogP contribution in [0.2, 0.25) is 0 Å². The summed E-state index contributed by atoms with van der Waals surface area (Å²) in [4.78, 5) is 2.47. The van der Waals surface area contributed by atoms with Crippen molar-refractivity contribution in [2.24, 2.45) is 0 Å². The Morgan fingerprint density at radius 1 is 1.25 bits per heavy atom. The first-order chi connectivity index (χ1) is 5.84. The summed E-state index contributed by atoms with van der Waals surface area (Å²) in [6.07, 6.45) is 7.61. The topological polar surface area (TPSA) is 23.5 Å². The maximum Gasteiger partial charge on any atom is 0.0431 e. The van der Waals surface area contributed by atoms with Crippen molar-refractivity contribution in [1.29, 1.82) is 0 Å². The number of nitrogens with zero attached hydrogens (tertiary/aromatic N) is 1. The summed E-state index contributed by atoms with van der Waals surface area (Å²) in [5.74, 6) is 0. The largest absolute Gasteiger partial charge is 0.396 e. The summed E-state index contributed by atoms with van der Waals surface area (Å²) in [5.41, 5.74) is 0. The van der Waals surface area contributed by atoms with Crippen LogP contribution in [0.15, 0.2) is 0 Å². The minimum absolute atomic E-state index is 0.354. The van der Waals surface area contributed by atoms with Crippen LogP contribution in [0.5, 0.6) is 0 Å². The van der Waals surface area contributed by atoms with E-state index in [4.69, 9.17) is 5.11 Å². The molecule has 72 valence electrons. The number of hydrogen-bond acceptors (Lipinski definition) is 2. The monoisotopic (exact) mass is 171 g/mol.